The quantitative estimate of drug-likeness (QED) is 0.158. The molecule has 0 heterocycles. The molecule has 1 N–H and O–H groups in total. The second-order valence-electron chi connectivity index (χ2n) is 7.57. The van der Waals surface area contributed by atoms with Gasteiger partial charge in [0.2, 0.25) is 5.75 Å². The maximum absolute atomic E-state index is 13.9. The Morgan fingerprint density at radius 2 is 1.38 bits per heavy atom. The third kappa shape index (κ3) is 6.62. The summed E-state index contributed by atoms with van der Waals surface area (Å²) >= 11 is 3.53. The summed E-state index contributed by atoms with van der Waals surface area (Å²) in [6.45, 7) is 0. The summed E-state index contributed by atoms with van der Waals surface area (Å²) < 4.78 is 41.2. The van der Waals surface area contributed by atoms with Crippen molar-refractivity contribution in [2.45, 2.75) is 0 Å². The Morgan fingerprint density at radius 3 is 1.92 bits per heavy atom. The minimum atomic E-state index is -0.605. The predicted octanol–water partition coefficient (Wildman–Crippen LogP) is 6.61. The number of benzene rings is 3. The van der Waals surface area contributed by atoms with Gasteiger partial charge in [-0.05, 0) is 69.5 Å². The van der Waals surface area contributed by atoms with E-state index >= 15 is 0 Å². The zero-order chi connectivity index (χ0) is 26.9. The summed E-state index contributed by atoms with van der Waals surface area (Å²) in [5.41, 5.74) is 2.51. The summed E-state index contributed by atoms with van der Waals surface area (Å²) in [6.07, 6.45) is 6.60. The number of hydrogen-bond donors (Lipinski definition) is 1. The average molecular weight is 572 g/mol. The van der Waals surface area contributed by atoms with Gasteiger partial charge >= 0.3 is 0 Å². The van der Waals surface area contributed by atoms with Crippen LogP contribution in [0.15, 0.2) is 59.2 Å². The number of carbonyl (C=O) groups is 1. The summed E-state index contributed by atoms with van der Waals surface area (Å²) in [4.78, 5) is 12.5. The topological polar surface area (TPSA) is 75.3 Å². The average Bonchev–Trinajstić information content (AvgIpc) is 2.90. The number of rotatable bonds is 11. The Hall–Kier alpha value is -3.98. The van der Waals surface area contributed by atoms with Crippen molar-refractivity contribution >= 4 is 39.6 Å². The number of halogens is 2. The van der Waals surface area contributed by atoms with Crippen molar-refractivity contribution in [2.75, 3.05) is 40.9 Å². The van der Waals surface area contributed by atoms with E-state index in [4.69, 9.17) is 23.7 Å². The van der Waals surface area contributed by atoms with Crippen molar-refractivity contribution in [2.24, 2.45) is 0 Å². The van der Waals surface area contributed by atoms with Crippen LogP contribution in [0.25, 0.3) is 12.2 Å². The third-order valence-electron chi connectivity index (χ3n) is 5.34. The lowest BCUT2D eigenvalue weighted by atomic mass is 10.1. The van der Waals surface area contributed by atoms with Gasteiger partial charge in [-0.15, -0.1) is 0 Å². The lowest BCUT2D eigenvalue weighted by Gasteiger charge is -2.13. The van der Waals surface area contributed by atoms with Gasteiger partial charge in [0.25, 0.3) is 0 Å². The molecule has 0 unspecified atom stereocenters. The number of hydrogen-bond acceptors (Lipinski definition) is 7. The fourth-order valence-electron chi connectivity index (χ4n) is 3.54. The zero-order valence-electron chi connectivity index (χ0n) is 21.1. The number of anilines is 1. The van der Waals surface area contributed by atoms with Gasteiger partial charge in [0, 0.05) is 17.8 Å². The Labute approximate surface area is 223 Å². The largest absolute Gasteiger partial charge is 0.494 e. The first-order valence-corrected chi connectivity index (χ1v) is 11.8. The molecule has 0 aliphatic carbocycles. The molecule has 0 radical (unpaired) electrons. The highest BCUT2D eigenvalue weighted by molar-refractivity contribution is 9.10. The van der Waals surface area contributed by atoms with Crippen LogP contribution in [0.1, 0.15) is 21.5 Å². The number of allylic oxidation sites excluding steroid dienone is 1. The van der Waals surface area contributed by atoms with Gasteiger partial charge in [0.1, 0.15) is 0 Å². The van der Waals surface area contributed by atoms with Crippen molar-refractivity contribution in [1.29, 1.82) is 0 Å². The van der Waals surface area contributed by atoms with E-state index in [0.717, 1.165) is 17.2 Å². The lowest BCUT2D eigenvalue weighted by molar-refractivity contribution is 0.104. The van der Waals surface area contributed by atoms with Crippen molar-refractivity contribution in [1.82, 2.24) is 0 Å². The standard InChI is InChI=1S/C28H27BrFNO6/c1-33-24-9-8-19(16-21(24)30)23(32)10-11-31-22-13-17(12-20(29)27(22)36-4)6-7-18-14-25(34-2)28(37-5)26(15-18)35-3/h6-16,31H,1-5H3/b7-6-,11-10-. The molecule has 0 spiro atoms. The summed E-state index contributed by atoms with van der Waals surface area (Å²) in [5, 5.41) is 3.07. The first-order valence-electron chi connectivity index (χ1n) is 11.0. The second-order valence-corrected chi connectivity index (χ2v) is 8.42. The zero-order valence-corrected chi connectivity index (χ0v) is 22.6. The Balaban J connectivity index is 1.84. The normalized spacial score (nSPS) is 11.0. The van der Waals surface area contributed by atoms with E-state index in [2.05, 4.69) is 21.2 Å². The number of ether oxygens (including phenoxy) is 5. The van der Waals surface area contributed by atoms with Crippen LogP contribution >= 0.6 is 15.9 Å². The van der Waals surface area contributed by atoms with Crippen molar-refractivity contribution in [3.8, 4) is 28.7 Å². The van der Waals surface area contributed by atoms with E-state index in [1.54, 1.807) is 28.4 Å². The maximum Gasteiger partial charge on any atom is 0.203 e. The molecule has 0 saturated heterocycles. The van der Waals surface area contributed by atoms with E-state index in [-0.39, 0.29) is 17.1 Å². The van der Waals surface area contributed by atoms with Gasteiger partial charge in [-0.25, -0.2) is 4.39 Å². The maximum atomic E-state index is 13.9. The lowest BCUT2D eigenvalue weighted by Crippen LogP contribution is -1.99. The van der Waals surface area contributed by atoms with Crippen LogP contribution in [0.5, 0.6) is 28.7 Å². The number of nitrogens with one attached hydrogen (secondary N) is 1. The van der Waals surface area contributed by atoms with Crippen LogP contribution in [0.4, 0.5) is 10.1 Å². The fraction of sp³-hybridized carbons (Fsp3) is 0.179. The summed E-state index contributed by atoms with van der Waals surface area (Å²) in [6, 6.07) is 11.5. The molecular weight excluding hydrogens is 545 g/mol. The Morgan fingerprint density at radius 1 is 0.784 bits per heavy atom. The first-order chi connectivity index (χ1) is 17.8. The minimum absolute atomic E-state index is 0.0737. The molecule has 0 saturated carbocycles. The van der Waals surface area contributed by atoms with E-state index in [1.807, 2.05) is 36.4 Å². The number of carbonyl (C=O) groups excluding carboxylic acids is 1. The van der Waals surface area contributed by atoms with Crippen molar-refractivity contribution < 1.29 is 32.9 Å². The molecule has 3 aromatic carbocycles. The number of ketones is 1. The molecule has 0 fully saturated rings. The van der Waals surface area contributed by atoms with Gasteiger partial charge < -0.3 is 29.0 Å². The van der Waals surface area contributed by atoms with Crippen LogP contribution in [0, 0.1) is 5.82 Å². The molecule has 194 valence electrons. The third-order valence-corrected chi connectivity index (χ3v) is 5.92. The second kappa shape index (κ2) is 12.8. The monoisotopic (exact) mass is 571 g/mol. The van der Waals surface area contributed by atoms with Gasteiger partial charge in [-0.2, -0.15) is 0 Å². The Bertz CT molecular complexity index is 1310. The summed E-state index contributed by atoms with van der Waals surface area (Å²) in [5.74, 6) is 1.26. The number of methoxy groups -OCH3 is 5. The van der Waals surface area contributed by atoms with Crippen molar-refractivity contribution in [3.05, 3.63) is 81.7 Å². The van der Waals surface area contributed by atoms with Gasteiger partial charge in [-0.1, -0.05) is 12.2 Å². The molecule has 0 aliphatic heterocycles. The van der Waals surface area contributed by atoms with Gasteiger partial charge in [0.05, 0.1) is 45.7 Å². The van der Waals surface area contributed by atoms with E-state index in [1.165, 1.54) is 31.5 Å². The molecule has 37 heavy (non-hydrogen) atoms. The van der Waals surface area contributed by atoms with Gasteiger partial charge in [0.15, 0.2) is 34.6 Å². The smallest absolute Gasteiger partial charge is 0.203 e. The molecule has 0 aromatic heterocycles. The highest BCUT2D eigenvalue weighted by atomic mass is 79.9. The minimum Gasteiger partial charge on any atom is -0.494 e. The van der Waals surface area contributed by atoms with E-state index < -0.39 is 5.82 Å². The van der Waals surface area contributed by atoms with Crippen LogP contribution in [0.2, 0.25) is 0 Å². The van der Waals surface area contributed by atoms with E-state index in [0.29, 0.717) is 33.2 Å². The van der Waals surface area contributed by atoms with Crippen LogP contribution in [-0.4, -0.2) is 41.3 Å². The van der Waals surface area contributed by atoms with E-state index in [9.17, 15) is 9.18 Å². The Kier molecular flexibility index (Phi) is 9.57. The van der Waals surface area contributed by atoms with Gasteiger partial charge in [-0.3, -0.25) is 4.79 Å². The van der Waals surface area contributed by atoms with Crippen LogP contribution in [0.3, 0.4) is 0 Å². The van der Waals surface area contributed by atoms with Crippen LogP contribution in [-0.2, 0) is 0 Å². The first kappa shape index (κ1) is 27.6. The molecule has 0 amide bonds. The predicted molar refractivity (Wildman–Crippen MR) is 146 cm³/mol. The molecule has 3 rings (SSSR count). The molecule has 7 nitrogen and oxygen atoms in total. The molecule has 0 atom stereocenters. The molecule has 3 aromatic rings. The van der Waals surface area contributed by atoms with Crippen LogP contribution < -0.4 is 29.0 Å². The molecule has 0 bridgehead atoms. The summed E-state index contributed by atoms with van der Waals surface area (Å²) in [7, 11) is 7.59. The SMILES string of the molecule is COc1ccc(C(=O)/C=C\Nc2cc(/C=C\c3cc(OC)c(OC)c(OC)c3)cc(Br)c2OC)cc1F. The fourth-order valence-corrected chi connectivity index (χ4v) is 4.18. The molecular formula is C28H27BrFNO6. The molecule has 0 aliphatic rings. The highest BCUT2D eigenvalue weighted by Gasteiger charge is 2.13. The molecule has 9 heteroatoms. The van der Waals surface area contributed by atoms with Crippen molar-refractivity contribution in [3.63, 3.8) is 0 Å². The highest BCUT2D eigenvalue weighted by Crippen LogP contribution is 2.39.